The van der Waals surface area contributed by atoms with E-state index in [0.717, 1.165) is 5.56 Å². The SMILES string of the molecule is CN(C)C(=O)c1ccccc1NC(=O)CCc1cccc(N)c1. The predicted octanol–water partition coefficient (Wildman–Crippen LogP) is 2.54. The van der Waals surface area contributed by atoms with Crippen LogP contribution in [0.25, 0.3) is 0 Å². The van der Waals surface area contributed by atoms with Gasteiger partial charge in [0.2, 0.25) is 5.91 Å². The molecule has 2 aromatic rings. The Balaban J connectivity index is 2.02. The topological polar surface area (TPSA) is 75.4 Å². The number of para-hydroxylation sites is 1. The van der Waals surface area contributed by atoms with Gasteiger partial charge in [-0.15, -0.1) is 0 Å². The van der Waals surface area contributed by atoms with E-state index in [4.69, 9.17) is 5.73 Å². The first kappa shape index (κ1) is 16.5. The fourth-order valence-electron chi connectivity index (χ4n) is 2.24. The van der Waals surface area contributed by atoms with Crippen molar-refractivity contribution in [3.8, 4) is 0 Å². The van der Waals surface area contributed by atoms with Crippen molar-refractivity contribution in [3.63, 3.8) is 0 Å². The summed E-state index contributed by atoms with van der Waals surface area (Å²) in [5.74, 6) is -0.275. The van der Waals surface area contributed by atoms with Gasteiger partial charge in [0.15, 0.2) is 0 Å². The summed E-state index contributed by atoms with van der Waals surface area (Å²) >= 11 is 0. The van der Waals surface area contributed by atoms with Crippen LogP contribution in [0.15, 0.2) is 48.5 Å². The smallest absolute Gasteiger partial charge is 0.255 e. The van der Waals surface area contributed by atoms with Gasteiger partial charge in [0.05, 0.1) is 11.3 Å². The second kappa shape index (κ2) is 7.45. The maximum absolute atomic E-state index is 12.1. The lowest BCUT2D eigenvalue weighted by Crippen LogP contribution is -2.24. The zero-order valence-electron chi connectivity index (χ0n) is 13.4. The van der Waals surface area contributed by atoms with Crippen LogP contribution in [0.5, 0.6) is 0 Å². The van der Waals surface area contributed by atoms with Gasteiger partial charge in [0, 0.05) is 26.2 Å². The number of hydrogen-bond acceptors (Lipinski definition) is 3. The quantitative estimate of drug-likeness (QED) is 0.833. The number of nitrogens with two attached hydrogens (primary N) is 1. The molecule has 0 saturated carbocycles. The van der Waals surface area contributed by atoms with Crippen LogP contribution in [0.1, 0.15) is 22.3 Å². The molecule has 23 heavy (non-hydrogen) atoms. The first-order valence-electron chi connectivity index (χ1n) is 7.42. The zero-order chi connectivity index (χ0) is 16.8. The van der Waals surface area contributed by atoms with Crippen LogP contribution in [0.2, 0.25) is 0 Å². The molecule has 0 heterocycles. The summed E-state index contributed by atoms with van der Waals surface area (Å²) in [6, 6.07) is 14.5. The minimum atomic E-state index is -0.142. The Labute approximate surface area is 136 Å². The maximum atomic E-state index is 12.1. The van der Waals surface area contributed by atoms with Gasteiger partial charge in [-0.05, 0) is 36.2 Å². The number of anilines is 2. The lowest BCUT2D eigenvalue weighted by Gasteiger charge is -2.14. The Hall–Kier alpha value is -2.82. The zero-order valence-corrected chi connectivity index (χ0v) is 13.4. The minimum absolute atomic E-state index is 0.133. The molecule has 0 bridgehead atoms. The number of aryl methyl sites for hydroxylation is 1. The molecule has 0 aliphatic carbocycles. The Bertz CT molecular complexity index is 711. The summed E-state index contributed by atoms with van der Waals surface area (Å²) in [4.78, 5) is 25.8. The first-order chi connectivity index (χ1) is 11.0. The molecule has 0 aromatic heterocycles. The van der Waals surface area contributed by atoms with Crippen molar-refractivity contribution in [1.29, 1.82) is 0 Å². The van der Waals surface area contributed by atoms with E-state index in [1.165, 1.54) is 4.90 Å². The first-order valence-corrected chi connectivity index (χ1v) is 7.42. The molecule has 5 nitrogen and oxygen atoms in total. The number of rotatable bonds is 5. The van der Waals surface area contributed by atoms with Crippen molar-refractivity contribution >= 4 is 23.2 Å². The van der Waals surface area contributed by atoms with Gasteiger partial charge in [0.1, 0.15) is 0 Å². The van der Waals surface area contributed by atoms with E-state index in [9.17, 15) is 9.59 Å². The largest absolute Gasteiger partial charge is 0.399 e. The van der Waals surface area contributed by atoms with Crippen molar-refractivity contribution < 1.29 is 9.59 Å². The summed E-state index contributed by atoms with van der Waals surface area (Å²) in [7, 11) is 3.36. The summed E-state index contributed by atoms with van der Waals surface area (Å²) in [5, 5.41) is 2.81. The normalized spacial score (nSPS) is 10.2. The number of amides is 2. The molecule has 120 valence electrons. The van der Waals surface area contributed by atoms with Crippen molar-refractivity contribution in [1.82, 2.24) is 4.90 Å². The van der Waals surface area contributed by atoms with E-state index in [-0.39, 0.29) is 11.8 Å². The Kier molecular flexibility index (Phi) is 5.36. The Morgan fingerprint density at radius 1 is 1.09 bits per heavy atom. The molecule has 2 rings (SSSR count). The van der Waals surface area contributed by atoms with Gasteiger partial charge in [0.25, 0.3) is 5.91 Å². The molecule has 0 aliphatic rings. The molecule has 0 spiro atoms. The molecule has 2 amide bonds. The highest BCUT2D eigenvalue weighted by Gasteiger charge is 2.14. The molecule has 0 saturated heterocycles. The van der Waals surface area contributed by atoms with Gasteiger partial charge in [-0.1, -0.05) is 24.3 Å². The third-order valence-corrected chi connectivity index (χ3v) is 3.43. The number of carbonyl (C=O) groups excluding carboxylic acids is 2. The number of nitrogens with zero attached hydrogens (tertiary/aromatic N) is 1. The number of benzene rings is 2. The summed E-state index contributed by atoms with van der Waals surface area (Å²) in [6.45, 7) is 0. The van der Waals surface area contributed by atoms with E-state index in [1.54, 1.807) is 38.4 Å². The van der Waals surface area contributed by atoms with E-state index in [1.807, 2.05) is 24.3 Å². The van der Waals surface area contributed by atoms with Gasteiger partial charge in [-0.3, -0.25) is 9.59 Å². The van der Waals surface area contributed by atoms with Gasteiger partial charge < -0.3 is 16.0 Å². The molecule has 5 heteroatoms. The molecule has 0 radical (unpaired) electrons. The number of hydrogen-bond donors (Lipinski definition) is 2. The van der Waals surface area contributed by atoms with Crippen LogP contribution >= 0.6 is 0 Å². The lowest BCUT2D eigenvalue weighted by molar-refractivity contribution is -0.116. The standard InChI is InChI=1S/C18H21N3O2/c1-21(2)18(23)15-8-3-4-9-16(15)20-17(22)11-10-13-6-5-7-14(19)12-13/h3-9,12H,10-11,19H2,1-2H3,(H,20,22). The molecule has 0 aliphatic heterocycles. The molecule has 0 unspecified atom stereocenters. The van der Waals surface area contributed by atoms with Crippen molar-refractivity contribution in [2.24, 2.45) is 0 Å². The molecule has 3 N–H and O–H groups in total. The van der Waals surface area contributed by atoms with E-state index < -0.39 is 0 Å². The average molecular weight is 311 g/mol. The molecular weight excluding hydrogens is 290 g/mol. The second-order valence-electron chi connectivity index (χ2n) is 5.54. The van der Waals surface area contributed by atoms with Crippen LogP contribution in [0, 0.1) is 0 Å². The third-order valence-electron chi connectivity index (χ3n) is 3.43. The van der Waals surface area contributed by atoms with Crippen molar-refractivity contribution in [3.05, 3.63) is 59.7 Å². The molecular formula is C18H21N3O2. The van der Waals surface area contributed by atoms with E-state index >= 15 is 0 Å². The Morgan fingerprint density at radius 2 is 1.83 bits per heavy atom. The summed E-state index contributed by atoms with van der Waals surface area (Å²) in [6.07, 6.45) is 0.925. The fraction of sp³-hybridized carbons (Fsp3) is 0.222. The fourth-order valence-corrected chi connectivity index (χ4v) is 2.24. The van der Waals surface area contributed by atoms with Crippen molar-refractivity contribution in [2.75, 3.05) is 25.1 Å². The van der Waals surface area contributed by atoms with Gasteiger partial charge in [-0.2, -0.15) is 0 Å². The van der Waals surface area contributed by atoms with Crippen LogP contribution in [0.3, 0.4) is 0 Å². The molecule has 0 atom stereocenters. The number of nitrogen functional groups attached to an aromatic ring is 1. The monoisotopic (exact) mass is 311 g/mol. The predicted molar refractivity (Wildman–Crippen MR) is 92.3 cm³/mol. The van der Waals surface area contributed by atoms with E-state index in [0.29, 0.717) is 29.8 Å². The Morgan fingerprint density at radius 3 is 2.52 bits per heavy atom. The van der Waals surface area contributed by atoms with Crippen molar-refractivity contribution in [2.45, 2.75) is 12.8 Å². The average Bonchev–Trinajstić information content (AvgIpc) is 2.53. The highest BCUT2D eigenvalue weighted by molar-refractivity contribution is 6.03. The van der Waals surface area contributed by atoms with Crippen LogP contribution in [0.4, 0.5) is 11.4 Å². The van der Waals surface area contributed by atoms with Gasteiger partial charge >= 0.3 is 0 Å². The third kappa shape index (κ3) is 4.57. The van der Waals surface area contributed by atoms with Crippen LogP contribution < -0.4 is 11.1 Å². The van der Waals surface area contributed by atoms with Crippen LogP contribution in [-0.4, -0.2) is 30.8 Å². The molecule has 2 aromatic carbocycles. The summed E-state index contributed by atoms with van der Waals surface area (Å²) < 4.78 is 0. The highest BCUT2D eigenvalue weighted by Crippen LogP contribution is 2.17. The number of carbonyl (C=O) groups is 2. The second-order valence-corrected chi connectivity index (χ2v) is 5.54. The summed E-state index contributed by atoms with van der Waals surface area (Å²) in [5.41, 5.74) is 8.44. The highest BCUT2D eigenvalue weighted by atomic mass is 16.2. The lowest BCUT2D eigenvalue weighted by atomic mass is 10.1. The van der Waals surface area contributed by atoms with Crippen LogP contribution in [-0.2, 0) is 11.2 Å². The molecule has 0 fully saturated rings. The maximum Gasteiger partial charge on any atom is 0.255 e. The number of nitrogens with one attached hydrogen (secondary N) is 1. The van der Waals surface area contributed by atoms with E-state index in [2.05, 4.69) is 5.32 Å². The minimum Gasteiger partial charge on any atom is -0.399 e. The van der Waals surface area contributed by atoms with Gasteiger partial charge in [-0.25, -0.2) is 0 Å².